The summed E-state index contributed by atoms with van der Waals surface area (Å²) in [4.78, 5) is 4.30. The monoisotopic (exact) mass is 259 g/mol. The number of aryl methyl sites for hydroxylation is 1. The quantitative estimate of drug-likeness (QED) is 0.786. The number of rotatable bonds is 3. The van der Waals surface area contributed by atoms with Crippen molar-refractivity contribution < 1.29 is 8.81 Å². The maximum atomic E-state index is 13.7. The van der Waals surface area contributed by atoms with Gasteiger partial charge in [0.15, 0.2) is 11.4 Å². The number of nitrogens with one attached hydrogen (secondary N) is 1. The molecule has 0 spiro atoms. The molecule has 1 atom stereocenters. The highest BCUT2D eigenvalue weighted by Gasteiger charge is 2.21. The Labute approximate surface area is 109 Å². The van der Waals surface area contributed by atoms with Crippen LogP contribution in [0.5, 0.6) is 0 Å². The molecular weight excluding hydrogens is 245 g/mol. The van der Waals surface area contributed by atoms with Crippen molar-refractivity contribution in [3.8, 4) is 0 Å². The largest absolute Gasteiger partial charge is 0.456 e. The maximum Gasteiger partial charge on any atom is 0.169 e. The van der Waals surface area contributed by atoms with Gasteiger partial charge in [0.05, 0.1) is 0 Å². The molecule has 1 N–H and O–H groups in total. The minimum atomic E-state index is -0.349. The molecule has 0 fully saturated rings. The molecule has 3 aromatic rings. The number of hydrogen-bond acceptors (Lipinski definition) is 3. The van der Waals surface area contributed by atoms with Gasteiger partial charge in [0.1, 0.15) is 17.6 Å². The third-order valence-electron chi connectivity index (χ3n) is 3.20. The van der Waals surface area contributed by atoms with Crippen molar-refractivity contribution in [1.29, 1.82) is 0 Å². The molecule has 19 heavy (non-hydrogen) atoms. The summed E-state index contributed by atoms with van der Waals surface area (Å²) in [5.74, 6) is 1.12. The minimum Gasteiger partial charge on any atom is -0.456 e. The number of nitrogens with zero attached hydrogens (tertiary/aromatic N) is 2. The average Bonchev–Trinajstić information content (AvgIpc) is 2.99. The molecule has 0 saturated carbocycles. The Morgan fingerprint density at radius 1 is 1.42 bits per heavy atom. The molecule has 3 rings (SSSR count). The fourth-order valence-corrected chi connectivity index (χ4v) is 2.24. The van der Waals surface area contributed by atoms with Crippen LogP contribution in [-0.4, -0.2) is 16.6 Å². The second-order valence-electron chi connectivity index (χ2n) is 4.42. The SMILES string of the molecule is CNC(c1cc2cccc(F)c2o1)c1nccn1C. The van der Waals surface area contributed by atoms with Gasteiger partial charge in [-0.25, -0.2) is 9.37 Å². The van der Waals surface area contributed by atoms with Crippen LogP contribution in [-0.2, 0) is 7.05 Å². The Hall–Kier alpha value is -2.14. The van der Waals surface area contributed by atoms with Gasteiger partial charge in [-0.15, -0.1) is 0 Å². The standard InChI is InChI=1S/C14H14FN3O/c1-16-12(14-17-6-7-18(14)2)11-8-9-4-3-5-10(15)13(9)19-11/h3-8,12,16H,1-2H3. The fourth-order valence-electron chi connectivity index (χ4n) is 2.24. The minimum absolute atomic E-state index is 0.202. The van der Waals surface area contributed by atoms with E-state index in [9.17, 15) is 4.39 Å². The molecular formula is C14H14FN3O. The molecule has 98 valence electrons. The Balaban J connectivity index is 2.12. The molecule has 2 aromatic heterocycles. The Morgan fingerprint density at radius 3 is 2.89 bits per heavy atom. The van der Waals surface area contributed by atoms with Gasteiger partial charge in [-0.05, 0) is 19.2 Å². The average molecular weight is 259 g/mol. The third-order valence-corrected chi connectivity index (χ3v) is 3.20. The molecule has 5 heteroatoms. The normalized spacial score (nSPS) is 13.0. The van der Waals surface area contributed by atoms with Crippen LogP contribution in [0.15, 0.2) is 41.1 Å². The number of aromatic nitrogens is 2. The summed E-state index contributed by atoms with van der Waals surface area (Å²) in [6.45, 7) is 0. The van der Waals surface area contributed by atoms with Crippen LogP contribution in [0, 0.1) is 5.82 Å². The van der Waals surface area contributed by atoms with Gasteiger partial charge in [-0.1, -0.05) is 12.1 Å². The summed E-state index contributed by atoms with van der Waals surface area (Å²) >= 11 is 0. The van der Waals surface area contributed by atoms with Crippen LogP contribution < -0.4 is 5.32 Å². The van der Waals surface area contributed by atoms with Crippen molar-refractivity contribution in [2.24, 2.45) is 7.05 Å². The van der Waals surface area contributed by atoms with Crippen molar-refractivity contribution in [3.05, 3.63) is 54.1 Å². The van der Waals surface area contributed by atoms with E-state index in [1.54, 1.807) is 12.3 Å². The van der Waals surface area contributed by atoms with Crippen molar-refractivity contribution >= 4 is 11.0 Å². The second kappa shape index (κ2) is 4.51. The van der Waals surface area contributed by atoms with E-state index in [-0.39, 0.29) is 17.4 Å². The first kappa shape index (κ1) is 11.9. The molecule has 0 radical (unpaired) electrons. The van der Waals surface area contributed by atoms with Gasteiger partial charge >= 0.3 is 0 Å². The summed E-state index contributed by atoms with van der Waals surface area (Å²) < 4.78 is 21.2. The predicted molar refractivity (Wildman–Crippen MR) is 70.3 cm³/mol. The first-order valence-electron chi connectivity index (χ1n) is 6.03. The number of fused-ring (bicyclic) bond motifs is 1. The van der Waals surface area contributed by atoms with E-state index in [4.69, 9.17) is 4.42 Å². The molecule has 4 nitrogen and oxygen atoms in total. The van der Waals surface area contributed by atoms with Crippen LogP contribution in [0.4, 0.5) is 4.39 Å². The van der Waals surface area contributed by atoms with E-state index >= 15 is 0 Å². The van der Waals surface area contributed by atoms with Crippen LogP contribution in [0.25, 0.3) is 11.0 Å². The van der Waals surface area contributed by atoms with Gasteiger partial charge in [-0.3, -0.25) is 0 Å². The van der Waals surface area contributed by atoms with E-state index in [0.717, 1.165) is 11.2 Å². The fraction of sp³-hybridized carbons (Fsp3) is 0.214. The first-order chi connectivity index (χ1) is 9.20. The van der Waals surface area contributed by atoms with Gasteiger partial charge in [-0.2, -0.15) is 0 Å². The van der Waals surface area contributed by atoms with Crippen molar-refractivity contribution in [2.75, 3.05) is 7.05 Å². The lowest BCUT2D eigenvalue weighted by molar-refractivity contribution is 0.460. The lowest BCUT2D eigenvalue weighted by Crippen LogP contribution is -2.20. The summed E-state index contributed by atoms with van der Waals surface area (Å²) in [5.41, 5.74) is 0.284. The molecule has 0 bridgehead atoms. The van der Waals surface area contributed by atoms with Crippen molar-refractivity contribution in [1.82, 2.24) is 14.9 Å². The molecule has 0 aliphatic rings. The van der Waals surface area contributed by atoms with Crippen LogP contribution in [0.1, 0.15) is 17.6 Å². The van der Waals surface area contributed by atoms with Gasteiger partial charge in [0, 0.05) is 24.8 Å². The molecule has 2 heterocycles. The molecule has 0 aliphatic carbocycles. The van der Waals surface area contributed by atoms with Crippen LogP contribution >= 0.6 is 0 Å². The summed E-state index contributed by atoms with van der Waals surface area (Å²) in [6.07, 6.45) is 3.59. The highest BCUT2D eigenvalue weighted by atomic mass is 19.1. The van der Waals surface area contributed by atoms with E-state index in [1.807, 2.05) is 37.0 Å². The van der Waals surface area contributed by atoms with Crippen molar-refractivity contribution in [3.63, 3.8) is 0 Å². The maximum absolute atomic E-state index is 13.7. The zero-order valence-corrected chi connectivity index (χ0v) is 10.7. The smallest absolute Gasteiger partial charge is 0.169 e. The Morgan fingerprint density at radius 2 is 2.26 bits per heavy atom. The third kappa shape index (κ3) is 1.92. The highest BCUT2D eigenvalue weighted by Crippen LogP contribution is 2.28. The highest BCUT2D eigenvalue weighted by molar-refractivity contribution is 5.78. The zero-order chi connectivity index (χ0) is 13.4. The summed E-state index contributed by atoms with van der Waals surface area (Å²) in [6, 6.07) is 6.54. The lowest BCUT2D eigenvalue weighted by Gasteiger charge is -2.13. The van der Waals surface area contributed by atoms with E-state index < -0.39 is 0 Å². The Kier molecular flexibility index (Phi) is 2.83. The van der Waals surface area contributed by atoms with E-state index in [1.165, 1.54) is 6.07 Å². The van der Waals surface area contributed by atoms with Gasteiger partial charge in [0.2, 0.25) is 0 Å². The van der Waals surface area contributed by atoms with Gasteiger partial charge in [0.25, 0.3) is 0 Å². The molecule has 1 unspecified atom stereocenters. The van der Waals surface area contributed by atoms with Crippen LogP contribution in [0.3, 0.4) is 0 Å². The van der Waals surface area contributed by atoms with Crippen LogP contribution in [0.2, 0.25) is 0 Å². The summed E-state index contributed by atoms with van der Waals surface area (Å²) in [7, 11) is 3.73. The molecule has 1 aromatic carbocycles. The lowest BCUT2D eigenvalue weighted by atomic mass is 10.2. The van der Waals surface area contributed by atoms with E-state index in [2.05, 4.69) is 10.3 Å². The molecule has 0 amide bonds. The topological polar surface area (TPSA) is 43.0 Å². The second-order valence-corrected chi connectivity index (χ2v) is 4.42. The van der Waals surface area contributed by atoms with E-state index in [0.29, 0.717) is 5.76 Å². The summed E-state index contributed by atoms with van der Waals surface area (Å²) in [5, 5.41) is 3.90. The number of imidazole rings is 1. The molecule has 0 aliphatic heterocycles. The van der Waals surface area contributed by atoms with Gasteiger partial charge < -0.3 is 14.3 Å². The predicted octanol–water partition coefficient (Wildman–Crippen LogP) is 2.61. The molecule has 0 saturated heterocycles. The first-order valence-corrected chi connectivity index (χ1v) is 6.03. The number of halogens is 1. The van der Waals surface area contributed by atoms with Crippen molar-refractivity contribution in [2.45, 2.75) is 6.04 Å². The number of hydrogen-bond donors (Lipinski definition) is 1. The zero-order valence-electron chi connectivity index (χ0n) is 10.7. The number of benzene rings is 1. The number of furan rings is 1. The number of para-hydroxylation sites is 1. The Bertz CT molecular complexity index is 716.